The number of esters is 1. The summed E-state index contributed by atoms with van der Waals surface area (Å²) in [5.41, 5.74) is 5.36. The number of aliphatic imine (C=N–C) groups is 1. The molecule has 96 valence electrons. The van der Waals surface area contributed by atoms with Gasteiger partial charge in [0.25, 0.3) is 5.69 Å². The number of alkyl halides is 1. The average Bonchev–Trinajstić information content (AvgIpc) is 2.37. The van der Waals surface area contributed by atoms with Gasteiger partial charge in [-0.15, -0.1) is 11.6 Å². The highest BCUT2D eigenvalue weighted by Gasteiger charge is 2.16. The molecular formula is C10H10ClN3O4. The molecule has 7 nitrogen and oxygen atoms in total. The smallest absolute Gasteiger partial charge is 0.340 e. The normalized spacial score (nSPS) is 11.1. The summed E-state index contributed by atoms with van der Waals surface area (Å²) in [6, 6.07) is 3.57. The SMILES string of the molecule is COC(=O)c1ccc([N+](=O)[O-])cc1N=C(N)CCl. The molecule has 0 saturated heterocycles. The number of hydrogen-bond donors (Lipinski definition) is 1. The topological polar surface area (TPSA) is 108 Å². The maximum atomic E-state index is 11.5. The van der Waals surface area contributed by atoms with Gasteiger partial charge in [0.15, 0.2) is 0 Å². The van der Waals surface area contributed by atoms with Gasteiger partial charge in [0, 0.05) is 12.1 Å². The Balaban J connectivity index is 3.35. The van der Waals surface area contributed by atoms with Gasteiger partial charge in [0.05, 0.1) is 29.2 Å². The standard InChI is InChI=1S/C10H10ClN3O4/c1-18-10(15)7-3-2-6(14(16)17)4-8(7)13-9(12)5-11/h2-4H,5H2,1H3,(H2,12,13). The minimum atomic E-state index is -0.661. The van der Waals surface area contributed by atoms with Gasteiger partial charge in [0.2, 0.25) is 0 Å². The number of nitro benzene ring substituents is 1. The van der Waals surface area contributed by atoms with Crippen molar-refractivity contribution in [2.24, 2.45) is 10.7 Å². The van der Waals surface area contributed by atoms with Gasteiger partial charge in [-0.1, -0.05) is 0 Å². The molecule has 0 aromatic heterocycles. The van der Waals surface area contributed by atoms with Crippen LogP contribution in [0, 0.1) is 10.1 Å². The zero-order chi connectivity index (χ0) is 13.7. The van der Waals surface area contributed by atoms with Gasteiger partial charge in [-0.05, 0) is 6.07 Å². The van der Waals surface area contributed by atoms with E-state index in [0.29, 0.717) is 0 Å². The molecule has 0 amide bonds. The highest BCUT2D eigenvalue weighted by atomic mass is 35.5. The van der Waals surface area contributed by atoms with Gasteiger partial charge in [-0.2, -0.15) is 0 Å². The van der Waals surface area contributed by atoms with Crippen molar-refractivity contribution in [1.82, 2.24) is 0 Å². The van der Waals surface area contributed by atoms with Crippen LogP contribution in [0.4, 0.5) is 11.4 Å². The van der Waals surface area contributed by atoms with E-state index >= 15 is 0 Å². The molecule has 0 fully saturated rings. The van der Waals surface area contributed by atoms with Gasteiger partial charge in [0.1, 0.15) is 5.84 Å². The molecule has 0 heterocycles. The number of benzene rings is 1. The van der Waals surface area contributed by atoms with Gasteiger partial charge < -0.3 is 10.5 Å². The lowest BCUT2D eigenvalue weighted by atomic mass is 10.1. The zero-order valence-corrected chi connectivity index (χ0v) is 10.2. The molecule has 0 unspecified atom stereocenters. The molecule has 1 aromatic carbocycles. The van der Waals surface area contributed by atoms with E-state index in [4.69, 9.17) is 17.3 Å². The molecule has 1 rings (SSSR count). The molecule has 2 N–H and O–H groups in total. The van der Waals surface area contributed by atoms with E-state index in [1.807, 2.05) is 0 Å². The number of methoxy groups -OCH3 is 1. The summed E-state index contributed by atoms with van der Waals surface area (Å²) in [4.78, 5) is 25.3. The predicted octanol–water partition coefficient (Wildman–Crippen LogP) is 1.61. The lowest BCUT2D eigenvalue weighted by Crippen LogP contribution is -2.13. The Morgan fingerprint density at radius 1 is 1.61 bits per heavy atom. The Hall–Kier alpha value is -2.15. The summed E-state index contributed by atoms with van der Waals surface area (Å²) in [6.07, 6.45) is 0. The number of carbonyl (C=O) groups excluding carboxylic acids is 1. The summed E-state index contributed by atoms with van der Waals surface area (Å²) < 4.78 is 4.54. The Labute approximate surface area is 107 Å². The van der Waals surface area contributed by atoms with Gasteiger partial charge in [-0.25, -0.2) is 9.79 Å². The van der Waals surface area contributed by atoms with E-state index < -0.39 is 10.9 Å². The number of nitrogens with two attached hydrogens (primary N) is 1. The van der Waals surface area contributed by atoms with E-state index in [1.54, 1.807) is 0 Å². The van der Waals surface area contributed by atoms with Crippen LogP contribution in [0.15, 0.2) is 23.2 Å². The van der Waals surface area contributed by atoms with Crippen LogP contribution in [0.25, 0.3) is 0 Å². The Bertz CT molecular complexity index is 516. The molecule has 0 saturated carbocycles. The lowest BCUT2D eigenvalue weighted by Gasteiger charge is -2.04. The van der Waals surface area contributed by atoms with Crippen molar-refractivity contribution in [3.05, 3.63) is 33.9 Å². The van der Waals surface area contributed by atoms with Crippen LogP contribution in [0.5, 0.6) is 0 Å². The highest BCUT2D eigenvalue weighted by Crippen LogP contribution is 2.26. The number of nitrogens with zero attached hydrogens (tertiary/aromatic N) is 2. The summed E-state index contributed by atoms with van der Waals surface area (Å²) in [7, 11) is 1.20. The number of ether oxygens (including phenoxy) is 1. The Morgan fingerprint density at radius 2 is 2.28 bits per heavy atom. The third-order valence-corrected chi connectivity index (χ3v) is 2.27. The number of halogens is 1. The molecule has 0 aliphatic carbocycles. The number of hydrogen-bond acceptors (Lipinski definition) is 5. The van der Waals surface area contributed by atoms with Crippen LogP contribution in [0.3, 0.4) is 0 Å². The summed E-state index contributed by atoms with van der Waals surface area (Å²) >= 11 is 5.46. The molecule has 8 heteroatoms. The number of nitro groups is 1. The van der Waals surface area contributed by atoms with Crippen molar-refractivity contribution in [2.45, 2.75) is 0 Å². The summed E-state index contributed by atoms with van der Waals surface area (Å²) in [5.74, 6) is -0.670. The number of amidine groups is 1. The van der Waals surface area contributed by atoms with E-state index in [0.717, 1.165) is 6.07 Å². The second-order valence-electron chi connectivity index (χ2n) is 3.19. The summed E-state index contributed by atoms with van der Waals surface area (Å²) in [6.45, 7) is 0. The second kappa shape index (κ2) is 5.97. The van der Waals surface area contributed by atoms with Crippen LogP contribution in [-0.4, -0.2) is 29.7 Å². The first kappa shape index (κ1) is 13.9. The van der Waals surface area contributed by atoms with Crippen LogP contribution < -0.4 is 5.73 Å². The fraction of sp³-hybridized carbons (Fsp3) is 0.200. The molecular weight excluding hydrogens is 262 g/mol. The van der Waals surface area contributed by atoms with E-state index in [-0.39, 0.29) is 28.7 Å². The molecule has 1 aromatic rings. The first-order valence-corrected chi connectivity index (χ1v) is 5.28. The molecule has 0 radical (unpaired) electrons. The maximum absolute atomic E-state index is 11.5. The van der Waals surface area contributed by atoms with Gasteiger partial charge in [-0.3, -0.25) is 10.1 Å². The maximum Gasteiger partial charge on any atom is 0.340 e. The van der Waals surface area contributed by atoms with E-state index in [9.17, 15) is 14.9 Å². The van der Waals surface area contributed by atoms with Crippen LogP contribution in [0.2, 0.25) is 0 Å². The van der Waals surface area contributed by atoms with Crippen LogP contribution in [0.1, 0.15) is 10.4 Å². The second-order valence-corrected chi connectivity index (χ2v) is 3.45. The quantitative estimate of drug-likeness (QED) is 0.223. The predicted molar refractivity (Wildman–Crippen MR) is 66.4 cm³/mol. The fourth-order valence-corrected chi connectivity index (χ4v) is 1.25. The van der Waals surface area contributed by atoms with Crippen molar-refractivity contribution < 1.29 is 14.5 Å². The van der Waals surface area contributed by atoms with E-state index in [2.05, 4.69) is 9.73 Å². The lowest BCUT2D eigenvalue weighted by molar-refractivity contribution is -0.384. The number of rotatable bonds is 4. The molecule has 0 spiro atoms. The number of non-ortho nitro benzene ring substituents is 1. The largest absolute Gasteiger partial charge is 0.465 e. The van der Waals surface area contributed by atoms with Crippen molar-refractivity contribution in [1.29, 1.82) is 0 Å². The minimum absolute atomic E-state index is 0.0438. The van der Waals surface area contributed by atoms with Crippen molar-refractivity contribution in [2.75, 3.05) is 13.0 Å². The molecule has 0 aliphatic heterocycles. The van der Waals surface area contributed by atoms with Crippen LogP contribution >= 0.6 is 11.6 Å². The molecule has 0 bridgehead atoms. The van der Waals surface area contributed by atoms with Gasteiger partial charge >= 0.3 is 5.97 Å². The highest BCUT2D eigenvalue weighted by molar-refractivity contribution is 6.28. The van der Waals surface area contributed by atoms with Crippen molar-refractivity contribution >= 4 is 34.8 Å². The molecule has 0 aliphatic rings. The molecule has 18 heavy (non-hydrogen) atoms. The van der Waals surface area contributed by atoms with Crippen LogP contribution in [-0.2, 0) is 4.74 Å². The Kier molecular flexibility index (Phi) is 4.61. The first-order valence-electron chi connectivity index (χ1n) is 4.75. The molecule has 0 atom stereocenters. The van der Waals surface area contributed by atoms with Crippen molar-refractivity contribution in [3.8, 4) is 0 Å². The monoisotopic (exact) mass is 271 g/mol. The third kappa shape index (κ3) is 3.17. The number of carbonyl (C=O) groups is 1. The minimum Gasteiger partial charge on any atom is -0.465 e. The van der Waals surface area contributed by atoms with Crippen molar-refractivity contribution in [3.63, 3.8) is 0 Å². The summed E-state index contributed by atoms with van der Waals surface area (Å²) in [5, 5.41) is 10.6. The third-order valence-electron chi connectivity index (χ3n) is 2.00. The average molecular weight is 272 g/mol. The Morgan fingerprint density at radius 3 is 2.78 bits per heavy atom. The first-order chi connectivity index (χ1) is 8.49. The zero-order valence-electron chi connectivity index (χ0n) is 9.42. The fourth-order valence-electron chi connectivity index (χ4n) is 1.19. The van der Waals surface area contributed by atoms with E-state index in [1.165, 1.54) is 19.2 Å².